The Hall–Kier alpha value is -0.0800. The van der Waals surface area contributed by atoms with Crippen molar-refractivity contribution in [3.63, 3.8) is 0 Å². The van der Waals surface area contributed by atoms with Crippen LogP contribution in [0.2, 0.25) is 0 Å². The lowest BCUT2D eigenvalue weighted by Gasteiger charge is -1.81. The first-order valence-electron chi connectivity index (χ1n) is 2.82. The van der Waals surface area contributed by atoms with Crippen LogP contribution in [0, 0.1) is 0 Å². The zero-order valence-corrected chi connectivity index (χ0v) is 5.28. The molecule has 0 aromatic carbocycles. The summed E-state index contributed by atoms with van der Waals surface area (Å²) in [7, 11) is 0. The van der Waals surface area contributed by atoms with E-state index in [1.165, 1.54) is 0 Å². The van der Waals surface area contributed by atoms with Gasteiger partial charge in [0.05, 0.1) is 0 Å². The van der Waals surface area contributed by atoms with Crippen molar-refractivity contribution in [2.45, 2.75) is 20.3 Å². The lowest BCUT2D eigenvalue weighted by atomic mass is 10.4. The molecular formula is C5H16N2. The Morgan fingerprint density at radius 3 is 1.29 bits per heavy atom. The molecule has 2 heteroatoms. The fraction of sp³-hybridized carbons (Fsp3) is 1.00. The fourth-order valence-corrected chi connectivity index (χ4v) is 0.118. The molecule has 0 spiro atoms. The Balaban J connectivity index is 0. The van der Waals surface area contributed by atoms with Crippen LogP contribution in [0.15, 0.2) is 0 Å². The second kappa shape index (κ2) is 16.8. The van der Waals surface area contributed by atoms with Gasteiger partial charge in [-0.1, -0.05) is 13.8 Å². The van der Waals surface area contributed by atoms with Crippen LogP contribution in [0.25, 0.3) is 0 Å². The highest BCUT2D eigenvalue weighted by atomic mass is 14.6. The lowest BCUT2D eigenvalue weighted by Crippen LogP contribution is -2.06. The van der Waals surface area contributed by atoms with E-state index in [1.807, 2.05) is 13.8 Å². The van der Waals surface area contributed by atoms with Crippen molar-refractivity contribution < 1.29 is 0 Å². The highest BCUT2D eigenvalue weighted by Crippen LogP contribution is 1.58. The molecule has 0 bridgehead atoms. The van der Waals surface area contributed by atoms with E-state index in [0.717, 1.165) is 19.5 Å². The van der Waals surface area contributed by atoms with Gasteiger partial charge in [-0.25, -0.2) is 0 Å². The summed E-state index contributed by atoms with van der Waals surface area (Å²) in [5.74, 6) is 0. The van der Waals surface area contributed by atoms with Gasteiger partial charge in [-0.15, -0.1) is 0 Å². The van der Waals surface area contributed by atoms with Crippen molar-refractivity contribution in [1.29, 1.82) is 0 Å². The maximum atomic E-state index is 5.06. The third-order valence-electron chi connectivity index (χ3n) is 0.408. The average molecular weight is 104 g/mol. The normalized spacial score (nSPS) is 6.86. The topological polar surface area (TPSA) is 52.0 Å². The molecule has 0 fully saturated rings. The minimum absolute atomic E-state index is 0.719. The standard InChI is InChI=1S/C3H10N2.C2H6/c4-2-1-3-5;1-2/h1-5H2;1-2H3. The van der Waals surface area contributed by atoms with E-state index in [2.05, 4.69) is 0 Å². The third kappa shape index (κ3) is 24.7. The summed E-state index contributed by atoms with van der Waals surface area (Å²) in [5.41, 5.74) is 10.1. The number of hydrogen-bond donors (Lipinski definition) is 2. The molecule has 0 amide bonds. The lowest BCUT2D eigenvalue weighted by molar-refractivity contribution is 0.844. The molecule has 0 unspecified atom stereocenters. The Bertz CT molecular complexity index is 13.6. The van der Waals surface area contributed by atoms with Crippen molar-refractivity contribution in [3.8, 4) is 0 Å². The molecule has 46 valence electrons. The highest BCUT2D eigenvalue weighted by Gasteiger charge is 1.67. The highest BCUT2D eigenvalue weighted by molar-refractivity contribution is 4.33. The second-order valence-electron chi connectivity index (χ2n) is 0.931. The Labute approximate surface area is 45.9 Å². The van der Waals surface area contributed by atoms with Gasteiger partial charge < -0.3 is 11.5 Å². The Morgan fingerprint density at radius 2 is 1.29 bits per heavy atom. The first-order chi connectivity index (χ1) is 3.41. The van der Waals surface area contributed by atoms with Crippen molar-refractivity contribution in [3.05, 3.63) is 0 Å². The summed E-state index contributed by atoms with van der Waals surface area (Å²) in [4.78, 5) is 0. The van der Waals surface area contributed by atoms with Gasteiger partial charge >= 0.3 is 0 Å². The van der Waals surface area contributed by atoms with E-state index in [0.29, 0.717) is 0 Å². The predicted molar refractivity (Wildman–Crippen MR) is 34.1 cm³/mol. The van der Waals surface area contributed by atoms with E-state index < -0.39 is 0 Å². The maximum Gasteiger partial charge on any atom is -0.00653 e. The van der Waals surface area contributed by atoms with Crippen LogP contribution in [-0.4, -0.2) is 13.1 Å². The zero-order chi connectivity index (χ0) is 6.12. The molecule has 0 atom stereocenters. The first-order valence-corrected chi connectivity index (χ1v) is 2.82. The molecular weight excluding hydrogens is 88.1 g/mol. The first kappa shape index (κ1) is 10.0. The van der Waals surface area contributed by atoms with Crippen LogP contribution in [0.3, 0.4) is 0 Å². The van der Waals surface area contributed by atoms with Crippen LogP contribution >= 0.6 is 0 Å². The summed E-state index contributed by atoms with van der Waals surface area (Å²) in [6.45, 7) is 5.44. The molecule has 2 nitrogen and oxygen atoms in total. The molecule has 0 aliphatic carbocycles. The van der Waals surface area contributed by atoms with Crippen LogP contribution in [0.4, 0.5) is 0 Å². The third-order valence-corrected chi connectivity index (χ3v) is 0.408. The van der Waals surface area contributed by atoms with E-state index in [-0.39, 0.29) is 0 Å². The van der Waals surface area contributed by atoms with Gasteiger partial charge in [0.15, 0.2) is 0 Å². The van der Waals surface area contributed by atoms with Crippen LogP contribution in [0.1, 0.15) is 20.3 Å². The molecule has 0 aliphatic heterocycles. The molecule has 0 aromatic rings. The minimum Gasteiger partial charge on any atom is -0.330 e. The Morgan fingerprint density at radius 1 is 1.00 bits per heavy atom. The maximum absolute atomic E-state index is 5.06. The second-order valence-corrected chi connectivity index (χ2v) is 0.931. The van der Waals surface area contributed by atoms with Gasteiger partial charge in [-0.05, 0) is 19.5 Å². The van der Waals surface area contributed by atoms with Crippen molar-refractivity contribution >= 4 is 0 Å². The summed E-state index contributed by atoms with van der Waals surface area (Å²) >= 11 is 0. The van der Waals surface area contributed by atoms with E-state index in [4.69, 9.17) is 11.5 Å². The molecule has 0 saturated heterocycles. The smallest absolute Gasteiger partial charge is 0.00653 e. The number of hydrogen-bond acceptors (Lipinski definition) is 2. The molecule has 0 aliphatic rings. The van der Waals surface area contributed by atoms with Crippen molar-refractivity contribution in [1.82, 2.24) is 0 Å². The molecule has 7 heavy (non-hydrogen) atoms. The molecule has 0 radical (unpaired) electrons. The van der Waals surface area contributed by atoms with Crippen molar-refractivity contribution in [2.24, 2.45) is 11.5 Å². The van der Waals surface area contributed by atoms with Gasteiger partial charge in [0, 0.05) is 0 Å². The van der Waals surface area contributed by atoms with Gasteiger partial charge in [0.2, 0.25) is 0 Å². The molecule has 0 heterocycles. The molecule has 4 N–H and O–H groups in total. The summed E-state index contributed by atoms with van der Waals surface area (Å²) in [5, 5.41) is 0. The van der Waals surface area contributed by atoms with Gasteiger partial charge in [0.25, 0.3) is 0 Å². The summed E-state index contributed by atoms with van der Waals surface area (Å²) < 4.78 is 0. The largest absolute Gasteiger partial charge is 0.330 e. The number of nitrogens with two attached hydrogens (primary N) is 2. The van der Waals surface area contributed by atoms with Crippen molar-refractivity contribution in [2.75, 3.05) is 13.1 Å². The van der Waals surface area contributed by atoms with E-state index in [9.17, 15) is 0 Å². The van der Waals surface area contributed by atoms with Gasteiger partial charge in [-0.2, -0.15) is 0 Å². The molecule has 0 saturated carbocycles. The SMILES string of the molecule is CC.NCCCN. The van der Waals surface area contributed by atoms with E-state index in [1.54, 1.807) is 0 Å². The quantitative estimate of drug-likeness (QED) is 0.530. The van der Waals surface area contributed by atoms with Crippen LogP contribution < -0.4 is 11.5 Å². The average Bonchev–Trinajstić information content (AvgIpc) is 1.75. The van der Waals surface area contributed by atoms with Crippen LogP contribution in [0.5, 0.6) is 0 Å². The van der Waals surface area contributed by atoms with E-state index >= 15 is 0 Å². The number of rotatable bonds is 2. The van der Waals surface area contributed by atoms with Crippen LogP contribution in [-0.2, 0) is 0 Å². The van der Waals surface area contributed by atoms with Gasteiger partial charge in [0.1, 0.15) is 0 Å². The predicted octanol–water partition coefficient (Wildman–Crippen LogP) is 0.320. The summed E-state index contributed by atoms with van der Waals surface area (Å²) in [6, 6.07) is 0. The molecule has 0 aromatic heterocycles. The van der Waals surface area contributed by atoms with Gasteiger partial charge in [-0.3, -0.25) is 0 Å². The minimum atomic E-state index is 0.719. The summed E-state index contributed by atoms with van der Waals surface area (Å²) in [6.07, 6.45) is 0.944. The molecule has 0 rings (SSSR count). The fourth-order valence-electron chi connectivity index (χ4n) is 0.118. The zero-order valence-electron chi connectivity index (χ0n) is 5.28. The monoisotopic (exact) mass is 104 g/mol. The Kier molecular flexibility index (Phi) is 24.1.